The van der Waals surface area contributed by atoms with E-state index in [4.69, 9.17) is 0 Å². The van der Waals surface area contributed by atoms with E-state index in [0.29, 0.717) is 6.04 Å². The van der Waals surface area contributed by atoms with Crippen LogP contribution in [0.1, 0.15) is 26.2 Å². The van der Waals surface area contributed by atoms with Gasteiger partial charge < -0.3 is 5.32 Å². The van der Waals surface area contributed by atoms with Crippen LogP contribution in [0.5, 0.6) is 0 Å². The average Bonchev–Trinajstić information content (AvgIpc) is 2.65. The van der Waals surface area contributed by atoms with Crippen LogP contribution in [0.3, 0.4) is 0 Å². The summed E-state index contributed by atoms with van der Waals surface area (Å²) in [5.74, 6) is 9.67. The van der Waals surface area contributed by atoms with Gasteiger partial charge in [0, 0.05) is 12.5 Å². The highest BCUT2D eigenvalue weighted by atomic mass is 32.2. The van der Waals surface area contributed by atoms with Gasteiger partial charge in [0.05, 0.1) is 0 Å². The zero-order chi connectivity index (χ0) is 9.52. The van der Waals surface area contributed by atoms with Gasteiger partial charge in [-0.05, 0) is 44.2 Å². The molecule has 0 amide bonds. The number of nitrogens with one attached hydrogen (secondary N) is 1. The van der Waals surface area contributed by atoms with Crippen molar-refractivity contribution < 1.29 is 0 Å². The van der Waals surface area contributed by atoms with Crippen LogP contribution in [-0.2, 0) is 0 Å². The van der Waals surface area contributed by atoms with Crippen molar-refractivity contribution in [3.8, 4) is 11.8 Å². The summed E-state index contributed by atoms with van der Waals surface area (Å²) in [6, 6.07) is 0.691. The van der Waals surface area contributed by atoms with E-state index in [0.717, 1.165) is 12.3 Å². The predicted octanol–water partition coefficient (Wildman–Crippen LogP) is 2.13. The molecule has 1 nitrogen and oxygen atoms in total. The minimum Gasteiger partial charge on any atom is -0.317 e. The normalized spacial score (nSPS) is 23.7. The predicted molar refractivity (Wildman–Crippen MR) is 61.0 cm³/mol. The Morgan fingerprint density at radius 3 is 3.00 bits per heavy atom. The van der Waals surface area contributed by atoms with Crippen molar-refractivity contribution in [3.63, 3.8) is 0 Å². The van der Waals surface area contributed by atoms with Crippen molar-refractivity contribution in [2.24, 2.45) is 5.92 Å². The third-order valence-corrected chi connectivity index (χ3v) is 3.85. The molecule has 2 heteroatoms. The molecule has 74 valence electrons. The third kappa shape index (κ3) is 3.62. The molecule has 13 heavy (non-hydrogen) atoms. The first kappa shape index (κ1) is 10.9. The molecule has 1 aliphatic rings. The first-order chi connectivity index (χ1) is 6.38. The summed E-state index contributed by atoms with van der Waals surface area (Å²) in [6.45, 7) is 1.92. The fourth-order valence-corrected chi connectivity index (χ4v) is 3.18. The first-order valence-corrected chi connectivity index (χ1v) is 6.18. The summed E-state index contributed by atoms with van der Waals surface area (Å²) in [6.07, 6.45) is 3.64. The maximum absolute atomic E-state index is 3.42. The molecule has 0 radical (unpaired) electrons. The molecule has 0 aliphatic carbocycles. The molecule has 0 saturated carbocycles. The molecule has 1 aliphatic heterocycles. The second-order valence-electron chi connectivity index (χ2n) is 3.48. The van der Waals surface area contributed by atoms with Crippen LogP contribution in [0.15, 0.2) is 0 Å². The molecule has 1 heterocycles. The lowest BCUT2D eigenvalue weighted by atomic mass is 9.95. The van der Waals surface area contributed by atoms with Crippen LogP contribution in [0.25, 0.3) is 0 Å². The Hall–Kier alpha value is -0.130. The van der Waals surface area contributed by atoms with Gasteiger partial charge in [-0.3, -0.25) is 0 Å². The molecular formula is C11H19NS. The lowest BCUT2D eigenvalue weighted by Crippen LogP contribution is -2.33. The Balaban J connectivity index is 2.27. The standard InChI is InChI=1S/C11H19NS/c1-3-4-5-6-11(12-2)10-7-8-13-9-10/h10-12H,5-9H2,1-2H3. The van der Waals surface area contributed by atoms with Crippen LogP contribution in [0.4, 0.5) is 0 Å². The van der Waals surface area contributed by atoms with Gasteiger partial charge in [0.1, 0.15) is 0 Å². The molecule has 1 N–H and O–H groups in total. The zero-order valence-corrected chi connectivity index (χ0v) is 9.41. The fourth-order valence-electron chi connectivity index (χ4n) is 1.84. The third-order valence-electron chi connectivity index (χ3n) is 2.66. The van der Waals surface area contributed by atoms with Gasteiger partial charge in [0.25, 0.3) is 0 Å². The Bertz CT molecular complexity index is 186. The second kappa shape index (κ2) is 6.34. The van der Waals surface area contributed by atoms with Gasteiger partial charge in [-0.1, -0.05) is 0 Å². The zero-order valence-electron chi connectivity index (χ0n) is 8.60. The summed E-state index contributed by atoms with van der Waals surface area (Å²) in [7, 11) is 2.08. The molecular weight excluding hydrogens is 178 g/mol. The molecule has 0 bridgehead atoms. The summed E-state index contributed by atoms with van der Waals surface area (Å²) in [5, 5.41) is 3.42. The van der Waals surface area contributed by atoms with E-state index in [1.165, 1.54) is 24.3 Å². The van der Waals surface area contributed by atoms with Crippen molar-refractivity contribution in [1.29, 1.82) is 0 Å². The highest BCUT2D eigenvalue weighted by Gasteiger charge is 2.23. The largest absolute Gasteiger partial charge is 0.317 e. The van der Waals surface area contributed by atoms with Crippen molar-refractivity contribution in [2.45, 2.75) is 32.2 Å². The lowest BCUT2D eigenvalue weighted by molar-refractivity contribution is 0.388. The molecule has 0 aromatic carbocycles. The Kier molecular flexibility index (Phi) is 5.34. The summed E-state index contributed by atoms with van der Waals surface area (Å²) >= 11 is 2.09. The van der Waals surface area contributed by atoms with Crippen LogP contribution in [0.2, 0.25) is 0 Å². The monoisotopic (exact) mass is 197 g/mol. The molecule has 1 rings (SSSR count). The number of rotatable bonds is 4. The van der Waals surface area contributed by atoms with E-state index in [1.54, 1.807) is 0 Å². The molecule has 0 spiro atoms. The van der Waals surface area contributed by atoms with Crippen LogP contribution in [0, 0.1) is 17.8 Å². The fraction of sp³-hybridized carbons (Fsp3) is 0.818. The minimum absolute atomic E-state index is 0.691. The van der Waals surface area contributed by atoms with Crippen LogP contribution >= 0.6 is 11.8 Å². The van der Waals surface area contributed by atoms with Gasteiger partial charge >= 0.3 is 0 Å². The first-order valence-electron chi connectivity index (χ1n) is 5.03. The summed E-state index contributed by atoms with van der Waals surface area (Å²) < 4.78 is 0. The SMILES string of the molecule is CC#CCCC(NC)C1CCSC1. The van der Waals surface area contributed by atoms with E-state index in [-0.39, 0.29) is 0 Å². The van der Waals surface area contributed by atoms with E-state index in [2.05, 4.69) is 36.0 Å². The van der Waals surface area contributed by atoms with Crippen molar-refractivity contribution in [2.75, 3.05) is 18.6 Å². The second-order valence-corrected chi connectivity index (χ2v) is 4.63. The topological polar surface area (TPSA) is 12.0 Å². The van der Waals surface area contributed by atoms with E-state index in [1.807, 2.05) is 6.92 Å². The van der Waals surface area contributed by atoms with Crippen molar-refractivity contribution in [3.05, 3.63) is 0 Å². The molecule has 1 saturated heterocycles. The Morgan fingerprint density at radius 1 is 1.62 bits per heavy atom. The smallest absolute Gasteiger partial charge is 0.0110 e. The summed E-state index contributed by atoms with van der Waals surface area (Å²) in [4.78, 5) is 0. The molecule has 0 aromatic heterocycles. The van der Waals surface area contributed by atoms with E-state index >= 15 is 0 Å². The highest BCUT2D eigenvalue weighted by molar-refractivity contribution is 7.99. The summed E-state index contributed by atoms with van der Waals surface area (Å²) in [5.41, 5.74) is 0. The molecule has 2 unspecified atom stereocenters. The van der Waals surface area contributed by atoms with Gasteiger partial charge in [-0.2, -0.15) is 11.8 Å². The highest BCUT2D eigenvalue weighted by Crippen LogP contribution is 2.27. The van der Waals surface area contributed by atoms with E-state index in [9.17, 15) is 0 Å². The quantitative estimate of drug-likeness (QED) is 0.693. The van der Waals surface area contributed by atoms with Crippen LogP contribution < -0.4 is 5.32 Å². The van der Waals surface area contributed by atoms with E-state index < -0.39 is 0 Å². The minimum atomic E-state index is 0.691. The van der Waals surface area contributed by atoms with Crippen LogP contribution in [-0.4, -0.2) is 24.6 Å². The Labute approximate surface area is 86.1 Å². The van der Waals surface area contributed by atoms with Gasteiger partial charge in [-0.15, -0.1) is 11.8 Å². The van der Waals surface area contributed by atoms with Crippen molar-refractivity contribution in [1.82, 2.24) is 5.32 Å². The number of thioether (sulfide) groups is 1. The number of hydrogen-bond acceptors (Lipinski definition) is 2. The maximum atomic E-state index is 3.42. The number of hydrogen-bond donors (Lipinski definition) is 1. The average molecular weight is 197 g/mol. The molecule has 1 fully saturated rings. The Morgan fingerprint density at radius 2 is 2.46 bits per heavy atom. The molecule has 0 aromatic rings. The van der Waals surface area contributed by atoms with Gasteiger partial charge in [-0.25, -0.2) is 0 Å². The maximum Gasteiger partial charge on any atom is 0.0110 e. The van der Waals surface area contributed by atoms with Crippen molar-refractivity contribution >= 4 is 11.8 Å². The molecule has 2 atom stereocenters. The van der Waals surface area contributed by atoms with Gasteiger partial charge in [0.15, 0.2) is 0 Å². The van der Waals surface area contributed by atoms with Gasteiger partial charge in [0.2, 0.25) is 0 Å². The lowest BCUT2D eigenvalue weighted by Gasteiger charge is -2.21.